The van der Waals surface area contributed by atoms with E-state index in [1.807, 2.05) is 12.1 Å². The molecule has 0 aliphatic rings. The molecule has 0 saturated heterocycles. The summed E-state index contributed by atoms with van der Waals surface area (Å²) in [6.45, 7) is 0. The van der Waals surface area contributed by atoms with Crippen LogP contribution in [-0.2, 0) is 0 Å². The molecule has 2 heterocycles. The second-order valence-electron chi connectivity index (χ2n) is 10.4. The van der Waals surface area contributed by atoms with E-state index >= 15 is 0 Å². The minimum atomic E-state index is 0.910. The molecule has 186 valence electrons. The van der Waals surface area contributed by atoms with Crippen LogP contribution < -0.4 is 0 Å². The van der Waals surface area contributed by atoms with Gasteiger partial charge in [-0.15, -0.1) is 0 Å². The Morgan fingerprint density at radius 1 is 0.375 bits per heavy atom. The average Bonchev–Trinajstić information content (AvgIpc) is 3.65. The Morgan fingerprint density at radius 3 is 1.70 bits per heavy atom. The third-order valence-electron chi connectivity index (χ3n) is 8.35. The fourth-order valence-corrected chi connectivity index (χ4v) is 6.69. The largest absolute Gasteiger partial charge is 0.464 e. The molecule has 9 rings (SSSR count). The molecule has 2 heteroatoms. The van der Waals surface area contributed by atoms with Gasteiger partial charge >= 0.3 is 0 Å². The summed E-state index contributed by atoms with van der Waals surface area (Å²) >= 11 is 0. The summed E-state index contributed by atoms with van der Waals surface area (Å²) in [6, 6.07) is 45.4. The van der Waals surface area contributed by atoms with Gasteiger partial charge in [0.15, 0.2) is 0 Å². The predicted octanol–water partition coefficient (Wildman–Crippen LogP) is 11.1. The Morgan fingerprint density at radius 2 is 0.950 bits per heavy atom. The standard InChI is InChI=1S/C38H22O2/c1-3-11-28-26(9-1)35(25-14-7-15-30-24(25)20-19-23-21-22-39-38(23)30)27-10-2-4-12-29(27)36(28)32-16-8-18-34-37(32)31-13-5-6-17-33(31)40-34/h1-22H. The Hall–Kier alpha value is -5.34. The second-order valence-corrected chi connectivity index (χ2v) is 10.4. The molecule has 7 aromatic carbocycles. The number of rotatable bonds is 2. The monoisotopic (exact) mass is 510 g/mol. The smallest absolute Gasteiger partial charge is 0.141 e. The normalized spacial score (nSPS) is 12.0. The number of hydrogen-bond acceptors (Lipinski definition) is 2. The molecule has 0 radical (unpaired) electrons. The molecule has 0 unspecified atom stereocenters. The first-order valence-electron chi connectivity index (χ1n) is 13.6. The van der Waals surface area contributed by atoms with Crippen molar-refractivity contribution < 1.29 is 8.83 Å². The molecular weight excluding hydrogens is 488 g/mol. The van der Waals surface area contributed by atoms with Crippen molar-refractivity contribution >= 4 is 65.2 Å². The fourth-order valence-electron chi connectivity index (χ4n) is 6.69. The Balaban J connectivity index is 1.47. The number of fused-ring (bicyclic) bond motifs is 8. The highest BCUT2D eigenvalue weighted by atomic mass is 16.3. The first kappa shape index (κ1) is 21.6. The summed E-state index contributed by atoms with van der Waals surface area (Å²) in [4.78, 5) is 0. The molecule has 0 bridgehead atoms. The van der Waals surface area contributed by atoms with Crippen molar-refractivity contribution in [2.24, 2.45) is 0 Å². The van der Waals surface area contributed by atoms with Crippen LogP contribution in [0, 0.1) is 0 Å². The summed E-state index contributed by atoms with van der Waals surface area (Å²) in [5.74, 6) is 0. The van der Waals surface area contributed by atoms with Gasteiger partial charge in [-0.2, -0.15) is 0 Å². The summed E-state index contributed by atoms with van der Waals surface area (Å²) in [5.41, 5.74) is 7.64. The minimum absolute atomic E-state index is 0.910. The van der Waals surface area contributed by atoms with E-state index in [0.29, 0.717) is 0 Å². The number of para-hydroxylation sites is 1. The van der Waals surface area contributed by atoms with Crippen molar-refractivity contribution in [1.82, 2.24) is 0 Å². The average molecular weight is 511 g/mol. The van der Waals surface area contributed by atoms with E-state index in [1.165, 1.54) is 49.2 Å². The lowest BCUT2D eigenvalue weighted by molar-refractivity contribution is 0.619. The maximum atomic E-state index is 6.30. The number of benzene rings is 7. The quantitative estimate of drug-likeness (QED) is 0.216. The van der Waals surface area contributed by atoms with Crippen molar-refractivity contribution in [3.63, 3.8) is 0 Å². The summed E-state index contributed by atoms with van der Waals surface area (Å²) in [5, 5.41) is 10.7. The van der Waals surface area contributed by atoms with E-state index in [9.17, 15) is 0 Å². The van der Waals surface area contributed by atoms with Gasteiger partial charge in [-0.05, 0) is 67.4 Å². The molecule has 0 N–H and O–H groups in total. The van der Waals surface area contributed by atoms with Crippen LogP contribution >= 0.6 is 0 Å². The van der Waals surface area contributed by atoms with Crippen molar-refractivity contribution in [2.75, 3.05) is 0 Å². The minimum Gasteiger partial charge on any atom is -0.464 e. The first-order valence-corrected chi connectivity index (χ1v) is 13.6. The van der Waals surface area contributed by atoms with E-state index in [0.717, 1.165) is 38.3 Å². The Labute approximate surface area is 229 Å². The van der Waals surface area contributed by atoms with Crippen molar-refractivity contribution in [3.8, 4) is 22.3 Å². The van der Waals surface area contributed by atoms with Gasteiger partial charge in [-0.1, -0.05) is 109 Å². The number of hydrogen-bond donors (Lipinski definition) is 0. The molecule has 0 saturated carbocycles. The molecule has 0 amide bonds. The van der Waals surface area contributed by atoms with Gasteiger partial charge in [0.2, 0.25) is 0 Å². The van der Waals surface area contributed by atoms with Gasteiger partial charge in [0, 0.05) is 21.5 Å². The van der Waals surface area contributed by atoms with Crippen LogP contribution in [0.15, 0.2) is 142 Å². The van der Waals surface area contributed by atoms with E-state index in [-0.39, 0.29) is 0 Å². The van der Waals surface area contributed by atoms with Crippen LogP contribution in [0.25, 0.3) is 87.5 Å². The van der Waals surface area contributed by atoms with Crippen molar-refractivity contribution in [2.45, 2.75) is 0 Å². The highest BCUT2D eigenvalue weighted by Gasteiger charge is 2.21. The molecule has 0 aliphatic carbocycles. The zero-order chi connectivity index (χ0) is 26.2. The van der Waals surface area contributed by atoms with E-state index in [1.54, 1.807) is 6.26 Å². The maximum absolute atomic E-state index is 6.30. The van der Waals surface area contributed by atoms with Crippen LogP contribution in [0.2, 0.25) is 0 Å². The lowest BCUT2D eigenvalue weighted by Crippen LogP contribution is -1.92. The predicted molar refractivity (Wildman–Crippen MR) is 167 cm³/mol. The van der Waals surface area contributed by atoms with Crippen molar-refractivity contribution in [1.29, 1.82) is 0 Å². The van der Waals surface area contributed by atoms with Crippen LogP contribution in [0.1, 0.15) is 0 Å². The summed E-state index contributed by atoms with van der Waals surface area (Å²) < 4.78 is 12.2. The number of furan rings is 2. The third-order valence-corrected chi connectivity index (χ3v) is 8.35. The van der Waals surface area contributed by atoms with Crippen LogP contribution in [-0.4, -0.2) is 0 Å². The highest BCUT2D eigenvalue weighted by Crippen LogP contribution is 2.48. The van der Waals surface area contributed by atoms with Crippen molar-refractivity contribution in [3.05, 3.63) is 134 Å². The molecular formula is C38H22O2. The third kappa shape index (κ3) is 2.88. The first-order chi connectivity index (χ1) is 19.9. The second kappa shape index (κ2) is 8.08. The van der Waals surface area contributed by atoms with Gasteiger partial charge in [0.1, 0.15) is 16.7 Å². The molecule has 0 spiro atoms. The van der Waals surface area contributed by atoms with E-state index in [4.69, 9.17) is 8.83 Å². The van der Waals surface area contributed by atoms with E-state index in [2.05, 4.69) is 115 Å². The summed E-state index contributed by atoms with van der Waals surface area (Å²) in [6.07, 6.45) is 1.77. The zero-order valence-corrected chi connectivity index (χ0v) is 21.5. The maximum Gasteiger partial charge on any atom is 0.141 e. The van der Waals surface area contributed by atoms with Gasteiger partial charge in [0.05, 0.1) is 6.26 Å². The topological polar surface area (TPSA) is 26.3 Å². The van der Waals surface area contributed by atoms with Gasteiger partial charge in [-0.25, -0.2) is 0 Å². The molecule has 2 nitrogen and oxygen atoms in total. The Kier molecular flexibility index (Phi) is 4.36. The van der Waals surface area contributed by atoms with Gasteiger partial charge < -0.3 is 8.83 Å². The van der Waals surface area contributed by atoms with Gasteiger partial charge in [-0.3, -0.25) is 0 Å². The van der Waals surface area contributed by atoms with E-state index < -0.39 is 0 Å². The van der Waals surface area contributed by atoms with Crippen LogP contribution in [0.5, 0.6) is 0 Å². The molecule has 40 heavy (non-hydrogen) atoms. The summed E-state index contributed by atoms with van der Waals surface area (Å²) in [7, 11) is 0. The van der Waals surface area contributed by atoms with Gasteiger partial charge in [0.25, 0.3) is 0 Å². The lowest BCUT2D eigenvalue weighted by Gasteiger charge is -2.19. The molecule has 2 aromatic heterocycles. The van der Waals surface area contributed by atoms with Crippen LogP contribution in [0.4, 0.5) is 0 Å². The molecule has 0 fully saturated rings. The molecule has 9 aromatic rings. The highest BCUT2D eigenvalue weighted by molar-refractivity contribution is 6.27. The Bertz CT molecular complexity index is 2380. The SMILES string of the molecule is c1ccc2c(c1)oc1cccc(-c3c4ccccc4c(-c4cccc5c4ccc4ccoc45)c4ccccc34)c12. The molecule has 0 aliphatic heterocycles. The zero-order valence-electron chi connectivity index (χ0n) is 21.5. The molecule has 0 atom stereocenters. The van der Waals surface area contributed by atoms with Crippen LogP contribution in [0.3, 0.4) is 0 Å². The fraction of sp³-hybridized carbons (Fsp3) is 0. The lowest BCUT2D eigenvalue weighted by atomic mass is 9.84.